The molecule has 6 rings (SSSR count). The summed E-state index contributed by atoms with van der Waals surface area (Å²) in [4.78, 5) is 19.1. The maximum absolute atomic E-state index is 10.9. The van der Waals surface area contributed by atoms with Gasteiger partial charge in [0.05, 0.1) is 16.6 Å². The van der Waals surface area contributed by atoms with Gasteiger partial charge in [0.25, 0.3) is 5.69 Å². The Morgan fingerprint density at radius 3 is 2.24 bits per heavy atom. The van der Waals surface area contributed by atoms with E-state index in [0.29, 0.717) is 22.2 Å². The van der Waals surface area contributed by atoms with Gasteiger partial charge in [-0.05, 0) is 48.5 Å². The predicted octanol–water partition coefficient (Wildman–Crippen LogP) is 5.17. The van der Waals surface area contributed by atoms with Gasteiger partial charge in [-0.2, -0.15) is 5.10 Å². The normalized spacial score (nSPS) is 20.6. The Hall–Kier alpha value is -3.90. The number of ether oxygens (including phenoxy) is 3. The highest BCUT2D eigenvalue weighted by Gasteiger charge is 2.45. The van der Waals surface area contributed by atoms with E-state index in [4.69, 9.17) is 37.4 Å². The van der Waals surface area contributed by atoms with Crippen molar-refractivity contribution in [3.05, 3.63) is 105 Å². The molecule has 3 heterocycles. The van der Waals surface area contributed by atoms with E-state index in [2.05, 4.69) is 19.9 Å². The van der Waals surface area contributed by atoms with Crippen LogP contribution < -0.4 is 14.5 Å². The summed E-state index contributed by atoms with van der Waals surface area (Å²) in [7, 11) is 0. The van der Waals surface area contributed by atoms with E-state index in [1.165, 1.54) is 6.33 Å². The molecule has 42 heavy (non-hydrogen) atoms. The van der Waals surface area contributed by atoms with E-state index in [1.54, 1.807) is 41.3 Å². The molecule has 1 aromatic heterocycles. The number of nitrogens with zero attached hydrogens (tertiary/aromatic N) is 6. The SMILES string of the molecule is O=[N+]([O-])c1ccc(N2CCN(c3ccc(OC[C@@H]4CO[C@@](Cn5cncn5)(c5ccc(Cl)cc5Cl)O4)cc3)CC2)cc1. The molecule has 2 saturated heterocycles. The molecule has 2 fully saturated rings. The fraction of sp³-hybridized carbons (Fsp3) is 0.310. The number of aromatic nitrogens is 3. The van der Waals surface area contributed by atoms with Gasteiger partial charge in [-0.1, -0.05) is 29.3 Å². The van der Waals surface area contributed by atoms with Crippen molar-refractivity contribution in [3.8, 4) is 5.75 Å². The van der Waals surface area contributed by atoms with Crippen LogP contribution in [0.4, 0.5) is 17.1 Å². The van der Waals surface area contributed by atoms with Crippen LogP contribution in [0.15, 0.2) is 79.4 Å². The van der Waals surface area contributed by atoms with E-state index in [-0.39, 0.29) is 29.9 Å². The molecular formula is C29H28Cl2N6O5. The van der Waals surface area contributed by atoms with Crippen LogP contribution in [0.2, 0.25) is 10.0 Å². The first-order chi connectivity index (χ1) is 20.4. The molecule has 0 unspecified atom stereocenters. The van der Waals surface area contributed by atoms with Crippen molar-refractivity contribution in [1.82, 2.24) is 14.8 Å². The lowest BCUT2D eigenvalue weighted by molar-refractivity contribution is -0.384. The summed E-state index contributed by atoms with van der Waals surface area (Å²) < 4.78 is 20.4. The van der Waals surface area contributed by atoms with Crippen LogP contribution in [-0.2, 0) is 21.8 Å². The maximum atomic E-state index is 10.9. The lowest BCUT2D eigenvalue weighted by Crippen LogP contribution is -2.46. The quantitative estimate of drug-likeness (QED) is 0.187. The number of anilines is 2. The highest BCUT2D eigenvalue weighted by molar-refractivity contribution is 6.35. The second-order valence-electron chi connectivity index (χ2n) is 10.1. The van der Waals surface area contributed by atoms with E-state index in [0.717, 1.165) is 43.3 Å². The van der Waals surface area contributed by atoms with Crippen molar-refractivity contribution < 1.29 is 19.1 Å². The summed E-state index contributed by atoms with van der Waals surface area (Å²) in [6, 6.07) is 19.9. The molecule has 0 bridgehead atoms. The number of nitro benzene ring substituents is 1. The first-order valence-electron chi connectivity index (χ1n) is 13.5. The molecule has 0 spiro atoms. The van der Waals surface area contributed by atoms with Crippen LogP contribution >= 0.6 is 23.2 Å². The summed E-state index contributed by atoms with van der Waals surface area (Å²) in [5, 5.41) is 16.1. The Bertz CT molecular complexity index is 1510. The molecular weight excluding hydrogens is 583 g/mol. The molecule has 3 aromatic carbocycles. The molecule has 2 atom stereocenters. The zero-order valence-corrected chi connectivity index (χ0v) is 24.0. The van der Waals surface area contributed by atoms with Gasteiger partial charge in [0.1, 0.15) is 37.7 Å². The molecule has 2 aliphatic heterocycles. The minimum Gasteiger partial charge on any atom is -0.491 e. The van der Waals surface area contributed by atoms with Crippen LogP contribution in [-0.4, -0.2) is 65.2 Å². The van der Waals surface area contributed by atoms with Gasteiger partial charge in [-0.3, -0.25) is 10.1 Å². The Morgan fingerprint density at radius 2 is 1.64 bits per heavy atom. The lowest BCUT2D eigenvalue weighted by atomic mass is 10.1. The molecule has 0 N–H and O–H groups in total. The number of halogens is 2. The standard InChI is InChI=1S/C29H28Cl2N6O5/c30-21-1-10-27(28(31)15-21)29(18-36-20-32-19-33-36)41-17-26(42-29)16-40-25-8-6-23(7-9-25)35-13-11-34(12-14-35)22-2-4-24(5-3-22)37(38)39/h1-10,15,19-20,26H,11-14,16-18H2/t26-,29-/m1/s1. The molecule has 0 radical (unpaired) electrons. The van der Waals surface area contributed by atoms with Gasteiger partial charge in [0.15, 0.2) is 0 Å². The van der Waals surface area contributed by atoms with E-state index in [1.807, 2.05) is 36.4 Å². The van der Waals surface area contributed by atoms with Gasteiger partial charge in [0, 0.05) is 60.3 Å². The van der Waals surface area contributed by atoms with Crippen LogP contribution in [0.3, 0.4) is 0 Å². The molecule has 0 saturated carbocycles. The molecule has 4 aromatic rings. The fourth-order valence-corrected chi connectivity index (χ4v) is 5.79. The van der Waals surface area contributed by atoms with Crippen LogP contribution in [0.1, 0.15) is 5.56 Å². The topological polar surface area (TPSA) is 108 Å². The van der Waals surface area contributed by atoms with Crippen molar-refractivity contribution in [3.63, 3.8) is 0 Å². The Labute approximate surface area is 252 Å². The van der Waals surface area contributed by atoms with Crippen molar-refractivity contribution in [2.45, 2.75) is 18.4 Å². The van der Waals surface area contributed by atoms with Gasteiger partial charge in [-0.15, -0.1) is 0 Å². The van der Waals surface area contributed by atoms with E-state index < -0.39 is 5.79 Å². The van der Waals surface area contributed by atoms with Crippen LogP contribution in [0.5, 0.6) is 5.75 Å². The molecule has 13 heteroatoms. The number of hydrogen-bond acceptors (Lipinski definition) is 9. The van der Waals surface area contributed by atoms with Crippen LogP contribution in [0.25, 0.3) is 0 Å². The number of benzene rings is 3. The predicted molar refractivity (Wildman–Crippen MR) is 158 cm³/mol. The zero-order chi connectivity index (χ0) is 29.1. The third-order valence-corrected chi connectivity index (χ3v) is 7.93. The van der Waals surface area contributed by atoms with Gasteiger partial charge in [-0.25, -0.2) is 9.67 Å². The number of hydrogen-bond donors (Lipinski definition) is 0. The second-order valence-corrected chi connectivity index (χ2v) is 10.9. The minimum atomic E-state index is -1.16. The Kier molecular flexibility index (Phi) is 8.16. The zero-order valence-electron chi connectivity index (χ0n) is 22.5. The van der Waals surface area contributed by atoms with Crippen molar-refractivity contribution in [2.75, 3.05) is 49.2 Å². The smallest absolute Gasteiger partial charge is 0.269 e. The summed E-state index contributed by atoms with van der Waals surface area (Å²) >= 11 is 12.7. The molecule has 218 valence electrons. The first kappa shape index (κ1) is 28.2. The number of piperazine rings is 1. The number of rotatable bonds is 9. The van der Waals surface area contributed by atoms with E-state index >= 15 is 0 Å². The Balaban J connectivity index is 1.04. The monoisotopic (exact) mass is 610 g/mol. The average Bonchev–Trinajstić information content (AvgIpc) is 3.67. The van der Waals surface area contributed by atoms with Crippen LogP contribution in [0, 0.1) is 10.1 Å². The molecule has 11 nitrogen and oxygen atoms in total. The van der Waals surface area contributed by atoms with E-state index in [9.17, 15) is 10.1 Å². The molecule has 0 aliphatic carbocycles. The second kappa shape index (κ2) is 12.1. The average molecular weight is 611 g/mol. The summed E-state index contributed by atoms with van der Waals surface area (Å²) in [5.41, 5.74) is 2.86. The fourth-order valence-electron chi connectivity index (χ4n) is 5.23. The van der Waals surface area contributed by atoms with Crippen molar-refractivity contribution in [1.29, 1.82) is 0 Å². The lowest BCUT2D eigenvalue weighted by Gasteiger charge is -2.37. The largest absolute Gasteiger partial charge is 0.491 e. The van der Waals surface area contributed by atoms with Gasteiger partial charge >= 0.3 is 0 Å². The highest BCUT2D eigenvalue weighted by atomic mass is 35.5. The Morgan fingerprint density at radius 1 is 0.976 bits per heavy atom. The first-order valence-corrected chi connectivity index (χ1v) is 14.2. The third kappa shape index (κ3) is 6.14. The summed E-state index contributed by atoms with van der Waals surface area (Å²) in [6.07, 6.45) is 2.71. The number of non-ortho nitro benzene ring substituents is 1. The minimum absolute atomic E-state index is 0.101. The van der Waals surface area contributed by atoms with Crippen molar-refractivity contribution in [2.24, 2.45) is 0 Å². The summed E-state index contributed by atoms with van der Waals surface area (Å²) in [6.45, 7) is 4.18. The molecule has 0 amide bonds. The third-order valence-electron chi connectivity index (χ3n) is 7.38. The van der Waals surface area contributed by atoms with Gasteiger partial charge in [0.2, 0.25) is 5.79 Å². The summed E-state index contributed by atoms with van der Waals surface area (Å²) in [5.74, 6) is -0.436. The molecule has 2 aliphatic rings. The van der Waals surface area contributed by atoms with Crippen molar-refractivity contribution >= 4 is 40.3 Å². The maximum Gasteiger partial charge on any atom is 0.269 e. The van der Waals surface area contributed by atoms with Gasteiger partial charge < -0.3 is 24.0 Å². The number of nitro groups is 1. The highest BCUT2D eigenvalue weighted by Crippen LogP contribution is 2.40.